The van der Waals surface area contributed by atoms with Gasteiger partial charge in [0.1, 0.15) is 0 Å². The highest BCUT2D eigenvalue weighted by molar-refractivity contribution is 7.89. The molecule has 3 rings (SSSR count). The van der Waals surface area contributed by atoms with Crippen molar-refractivity contribution in [2.45, 2.75) is 55.4 Å². The number of benzene rings is 1. The van der Waals surface area contributed by atoms with Crippen LogP contribution in [0.25, 0.3) is 0 Å². The van der Waals surface area contributed by atoms with Gasteiger partial charge in [0.2, 0.25) is 26.0 Å². The van der Waals surface area contributed by atoms with E-state index in [4.69, 9.17) is 0 Å². The van der Waals surface area contributed by atoms with Crippen molar-refractivity contribution in [2.24, 2.45) is 5.92 Å². The van der Waals surface area contributed by atoms with Crippen LogP contribution in [0.3, 0.4) is 0 Å². The van der Waals surface area contributed by atoms with Gasteiger partial charge in [0, 0.05) is 39.3 Å². The zero-order valence-electron chi connectivity index (χ0n) is 18.7. The number of amides is 1. The number of likely N-dealkylation sites (tertiary alicyclic amines) is 1. The van der Waals surface area contributed by atoms with Crippen LogP contribution < -0.4 is 0 Å². The van der Waals surface area contributed by atoms with Crippen molar-refractivity contribution in [3.63, 3.8) is 0 Å². The SMILES string of the molecule is CCN(CC)S(=O)(=O)c1ccc(S(=O)(=O)N2CCCC(C(=O)N3CCC(O)CC3)C2)cc1. The van der Waals surface area contributed by atoms with Crippen LogP contribution in [0.2, 0.25) is 0 Å². The summed E-state index contributed by atoms with van der Waals surface area (Å²) < 4.78 is 54.3. The van der Waals surface area contributed by atoms with Crippen LogP contribution in [-0.2, 0) is 24.8 Å². The molecule has 0 saturated carbocycles. The molecule has 32 heavy (non-hydrogen) atoms. The van der Waals surface area contributed by atoms with Crippen molar-refractivity contribution < 1.29 is 26.7 Å². The van der Waals surface area contributed by atoms with E-state index < -0.39 is 26.0 Å². The lowest BCUT2D eigenvalue weighted by Gasteiger charge is -2.36. The highest BCUT2D eigenvalue weighted by atomic mass is 32.2. The number of sulfonamides is 2. The Bertz CT molecular complexity index is 998. The Balaban J connectivity index is 1.74. The molecule has 1 aromatic rings. The molecule has 0 bridgehead atoms. The Hall–Kier alpha value is -1.53. The second-order valence-electron chi connectivity index (χ2n) is 8.32. The van der Waals surface area contributed by atoms with E-state index in [9.17, 15) is 26.7 Å². The average molecular weight is 488 g/mol. The summed E-state index contributed by atoms with van der Waals surface area (Å²) in [6, 6.07) is 5.30. The topological polar surface area (TPSA) is 115 Å². The lowest BCUT2D eigenvalue weighted by molar-refractivity contribution is -0.138. The fourth-order valence-electron chi connectivity index (χ4n) is 4.35. The smallest absolute Gasteiger partial charge is 0.243 e. The van der Waals surface area contributed by atoms with Crippen LogP contribution in [0, 0.1) is 5.92 Å². The van der Waals surface area contributed by atoms with Gasteiger partial charge in [-0.2, -0.15) is 8.61 Å². The summed E-state index contributed by atoms with van der Waals surface area (Å²) in [5, 5.41) is 9.66. The molecule has 0 radical (unpaired) electrons. The van der Waals surface area contributed by atoms with Gasteiger partial charge in [-0.1, -0.05) is 13.8 Å². The van der Waals surface area contributed by atoms with Gasteiger partial charge in [-0.25, -0.2) is 16.8 Å². The molecule has 2 fully saturated rings. The van der Waals surface area contributed by atoms with Crippen molar-refractivity contribution >= 4 is 26.0 Å². The molecule has 2 heterocycles. The van der Waals surface area contributed by atoms with Gasteiger partial charge in [-0.15, -0.1) is 0 Å². The summed E-state index contributed by atoms with van der Waals surface area (Å²) in [5.41, 5.74) is 0. The number of hydrogen-bond acceptors (Lipinski definition) is 6. The molecule has 180 valence electrons. The number of carbonyl (C=O) groups excluding carboxylic acids is 1. The number of aliphatic hydroxyl groups is 1. The molecule has 1 aromatic carbocycles. The quantitative estimate of drug-likeness (QED) is 0.616. The molecule has 9 nitrogen and oxygen atoms in total. The van der Waals surface area contributed by atoms with Crippen LogP contribution >= 0.6 is 0 Å². The van der Waals surface area contributed by atoms with Crippen molar-refractivity contribution in [3.05, 3.63) is 24.3 Å². The molecule has 1 amide bonds. The van der Waals surface area contributed by atoms with E-state index in [0.29, 0.717) is 58.4 Å². The van der Waals surface area contributed by atoms with Crippen molar-refractivity contribution in [1.82, 2.24) is 13.5 Å². The Morgan fingerprint density at radius 2 is 1.53 bits per heavy atom. The Morgan fingerprint density at radius 3 is 2.09 bits per heavy atom. The third kappa shape index (κ3) is 5.17. The predicted octanol–water partition coefficient (Wildman–Crippen LogP) is 1.10. The minimum absolute atomic E-state index is 0.0187. The lowest BCUT2D eigenvalue weighted by atomic mass is 9.96. The first-order valence-corrected chi connectivity index (χ1v) is 14.1. The molecule has 2 aliphatic rings. The molecule has 1 atom stereocenters. The molecule has 2 saturated heterocycles. The van der Waals surface area contributed by atoms with Crippen LogP contribution in [0.15, 0.2) is 34.1 Å². The van der Waals surface area contributed by atoms with Gasteiger partial charge in [-0.3, -0.25) is 4.79 Å². The molecule has 1 unspecified atom stereocenters. The Kier molecular flexibility index (Phi) is 7.97. The summed E-state index contributed by atoms with van der Waals surface area (Å²) >= 11 is 0. The normalized spacial score (nSPS) is 21.8. The van der Waals surface area contributed by atoms with Gasteiger partial charge in [0.25, 0.3) is 0 Å². The van der Waals surface area contributed by atoms with E-state index in [0.717, 1.165) is 0 Å². The lowest BCUT2D eigenvalue weighted by Crippen LogP contribution is -2.49. The third-order valence-electron chi connectivity index (χ3n) is 6.31. The average Bonchev–Trinajstić information content (AvgIpc) is 2.80. The van der Waals surface area contributed by atoms with Gasteiger partial charge in [0.15, 0.2) is 0 Å². The molecule has 0 aliphatic carbocycles. The number of piperidine rings is 2. The minimum Gasteiger partial charge on any atom is -0.393 e. The molecular weight excluding hydrogens is 454 g/mol. The first-order chi connectivity index (χ1) is 15.1. The van der Waals surface area contributed by atoms with Gasteiger partial charge in [-0.05, 0) is 49.9 Å². The largest absolute Gasteiger partial charge is 0.393 e. The fourth-order valence-corrected chi connectivity index (χ4v) is 7.33. The van der Waals surface area contributed by atoms with E-state index in [2.05, 4.69) is 0 Å². The van der Waals surface area contributed by atoms with Crippen molar-refractivity contribution in [3.8, 4) is 0 Å². The van der Waals surface area contributed by atoms with Gasteiger partial charge in [0.05, 0.1) is 21.8 Å². The summed E-state index contributed by atoms with van der Waals surface area (Å²) in [5.74, 6) is -0.464. The highest BCUT2D eigenvalue weighted by Crippen LogP contribution is 2.27. The zero-order valence-corrected chi connectivity index (χ0v) is 20.3. The maximum absolute atomic E-state index is 13.2. The van der Waals surface area contributed by atoms with E-state index in [1.807, 2.05) is 0 Å². The molecule has 1 N–H and O–H groups in total. The van der Waals surface area contributed by atoms with Crippen molar-refractivity contribution in [1.29, 1.82) is 0 Å². The maximum Gasteiger partial charge on any atom is 0.243 e. The molecule has 11 heteroatoms. The van der Waals surface area contributed by atoms with Crippen LogP contribution in [0.5, 0.6) is 0 Å². The highest BCUT2D eigenvalue weighted by Gasteiger charge is 2.36. The van der Waals surface area contributed by atoms with Crippen LogP contribution in [-0.4, -0.2) is 86.7 Å². The standard InChI is InChI=1S/C21H33N3O6S2/c1-3-23(4-2)31(27,28)19-7-9-20(10-8-19)32(29,30)24-13-5-6-17(16-24)21(26)22-14-11-18(25)12-15-22/h7-10,17-18,25H,3-6,11-16H2,1-2H3. The van der Waals surface area contributed by atoms with E-state index >= 15 is 0 Å². The van der Waals surface area contributed by atoms with Gasteiger partial charge >= 0.3 is 0 Å². The van der Waals surface area contributed by atoms with E-state index in [1.165, 1.54) is 32.9 Å². The second kappa shape index (κ2) is 10.2. The summed E-state index contributed by atoms with van der Waals surface area (Å²) in [6.45, 7) is 5.58. The molecule has 0 spiro atoms. The van der Waals surface area contributed by atoms with E-state index in [1.54, 1.807) is 18.7 Å². The Labute approximate surface area is 191 Å². The first-order valence-electron chi connectivity index (χ1n) is 11.2. The number of rotatable bonds is 7. The summed E-state index contributed by atoms with van der Waals surface area (Å²) in [7, 11) is -7.52. The number of aliphatic hydroxyl groups excluding tert-OH is 1. The van der Waals surface area contributed by atoms with Gasteiger partial charge < -0.3 is 10.0 Å². The van der Waals surface area contributed by atoms with Crippen molar-refractivity contribution in [2.75, 3.05) is 39.3 Å². The second-order valence-corrected chi connectivity index (χ2v) is 12.2. The van der Waals surface area contributed by atoms with Crippen LogP contribution in [0.4, 0.5) is 0 Å². The number of hydrogen-bond donors (Lipinski definition) is 1. The van der Waals surface area contributed by atoms with Crippen LogP contribution in [0.1, 0.15) is 39.5 Å². The Morgan fingerprint density at radius 1 is 0.969 bits per heavy atom. The summed E-state index contributed by atoms with van der Waals surface area (Å²) in [4.78, 5) is 14.7. The molecule has 2 aliphatic heterocycles. The minimum atomic E-state index is -3.85. The molecular formula is C21H33N3O6S2. The maximum atomic E-state index is 13.2. The summed E-state index contributed by atoms with van der Waals surface area (Å²) in [6.07, 6.45) is 1.92. The number of carbonyl (C=O) groups is 1. The zero-order chi connectivity index (χ0) is 23.5. The number of nitrogens with zero attached hydrogens (tertiary/aromatic N) is 3. The monoisotopic (exact) mass is 487 g/mol. The van der Waals surface area contributed by atoms with E-state index in [-0.39, 0.29) is 28.3 Å². The molecule has 0 aromatic heterocycles. The predicted molar refractivity (Wildman–Crippen MR) is 120 cm³/mol. The third-order valence-corrected chi connectivity index (χ3v) is 10.3. The first kappa shape index (κ1) is 25.1. The fraction of sp³-hybridized carbons (Fsp3) is 0.667.